The zero-order chi connectivity index (χ0) is 23.7. The first-order chi connectivity index (χ1) is 14.1. The second kappa shape index (κ2) is 8.77. The van der Waals surface area contributed by atoms with Crippen molar-refractivity contribution >= 4 is 17.8 Å². The topological polar surface area (TPSA) is 125 Å². The van der Waals surface area contributed by atoms with Crippen molar-refractivity contribution in [2.75, 3.05) is 6.61 Å². The van der Waals surface area contributed by atoms with Gasteiger partial charge in [0.1, 0.15) is 22.7 Å². The Bertz CT molecular complexity index is 864. The molecule has 0 saturated heterocycles. The third-order valence-electron chi connectivity index (χ3n) is 4.83. The van der Waals surface area contributed by atoms with Gasteiger partial charge in [0.05, 0.1) is 24.9 Å². The molecule has 0 fully saturated rings. The summed E-state index contributed by atoms with van der Waals surface area (Å²) in [5, 5.41) is 9.86. The van der Waals surface area contributed by atoms with Crippen molar-refractivity contribution in [2.45, 2.75) is 72.0 Å². The van der Waals surface area contributed by atoms with Crippen molar-refractivity contribution in [2.24, 2.45) is 17.6 Å². The molecule has 1 heterocycles. The fraction of sp³-hybridized carbons (Fsp3) is 0.609. The molecular weight excluding hydrogens is 402 g/mol. The SMILES string of the molecule is Cc1cc(O)cc2c1C([C@H](C(N)=O)C(CC(=O)OC(C)(C)C)C(=O)OC(C)(C)C)CO2. The van der Waals surface area contributed by atoms with Crippen LogP contribution in [0.3, 0.4) is 0 Å². The summed E-state index contributed by atoms with van der Waals surface area (Å²) >= 11 is 0. The minimum absolute atomic E-state index is 0.0324. The van der Waals surface area contributed by atoms with E-state index in [1.165, 1.54) is 6.07 Å². The van der Waals surface area contributed by atoms with Crippen molar-refractivity contribution in [3.63, 3.8) is 0 Å². The van der Waals surface area contributed by atoms with E-state index in [2.05, 4.69) is 0 Å². The van der Waals surface area contributed by atoms with Crippen LogP contribution >= 0.6 is 0 Å². The Morgan fingerprint density at radius 1 is 1.13 bits per heavy atom. The zero-order valence-corrected chi connectivity index (χ0v) is 19.3. The number of hydrogen-bond acceptors (Lipinski definition) is 7. The Labute approximate surface area is 183 Å². The predicted octanol–water partition coefficient (Wildman–Crippen LogP) is 2.97. The van der Waals surface area contributed by atoms with Crippen LogP contribution in [0.1, 0.15) is 65.0 Å². The number of nitrogens with two attached hydrogens (primary N) is 1. The molecule has 0 radical (unpaired) electrons. The monoisotopic (exact) mass is 435 g/mol. The van der Waals surface area contributed by atoms with Crippen molar-refractivity contribution in [1.82, 2.24) is 0 Å². The summed E-state index contributed by atoms with van der Waals surface area (Å²) in [6, 6.07) is 3.01. The predicted molar refractivity (Wildman–Crippen MR) is 114 cm³/mol. The van der Waals surface area contributed by atoms with Gasteiger partial charge in [-0.15, -0.1) is 0 Å². The van der Waals surface area contributed by atoms with Gasteiger partial charge >= 0.3 is 11.9 Å². The van der Waals surface area contributed by atoms with E-state index in [0.717, 1.165) is 0 Å². The van der Waals surface area contributed by atoms with Gasteiger partial charge in [-0.3, -0.25) is 14.4 Å². The molecule has 0 spiro atoms. The van der Waals surface area contributed by atoms with Crippen molar-refractivity contribution < 1.29 is 33.7 Å². The highest BCUT2D eigenvalue weighted by atomic mass is 16.6. The summed E-state index contributed by atoms with van der Waals surface area (Å²) < 4.78 is 16.6. The molecule has 1 amide bonds. The highest BCUT2D eigenvalue weighted by Gasteiger charge is 2.46. The van der Waals surface area contributed by atoms with Crippen LogP contribution in [0.15, 0.2) is 12.1 Å². The molecule has 0 saturated carbocycles. The Balaban J connectivity index is 2.47. The molecule has 8 heteroatoms. The van der Waals surface area contributed by atoms with Crippen LogP contribution in [0.4, 0.5) is 0 Å². The van der Waals surface area contributed by atoms with Gasteiger partial charge in [0.2, 0.25) is 5.91 Å². The average Bonchev–Trinajstić information content (AvgIpc) is 2.94. The van der Waals surface area contributed by atoms with E-state index >= 15 is 0 Å². The lowest BCUT2D eigenvalue weighted by Gasteiger charge is -2.31. The Kier molecular flexibility index (Phi) is 6.93. The number of phenolic OH excluding ortho intramolecular Hbond substituents is 1. The number of phenols is 1. The molecule has 1 aliphatic heterocycles. The number of fused-ring (bicyclic) bond motifs is 1. The van der Waals surface area contributed by atoms with Crippen LogP contribution in [0, 0.1) is 18.8 Å². The molecule has 172 valence electrons. The van der Waals surface area contributed by atoms with Crippen LogP contribution < -0.4 is 10.5 Å². The fourth-order valence-electron chi connectivity index (χ4n) is 3.86. The van der Waals surface area contributed by atoms with Gasteiger partial charge in [0.15, 0.2) is 0 Å². The Morgan fingerprint density at radius 2 is 1.71 bits per heavy atom. The summed E-state index contributed by atoms with van der Waals surface area (Å²) in [7, 11) is 0. The molecule has 0 aromatic heterocycles. The van der Waals surface area contributed by atoms with Gasteiger partial charge in [-0.25, -0.2) is 0 Å². The largest absolute Gasteiger partial charge is 0.508 e. The quantitative estimate of drug-likeness (QED) is 0.658. The second-order valence-corrected chi connectivity index (χ2v) is 9.95. The van der Waals surface area contributed by atoms with Crippen LogP contribution in [-0.4, -0.2) is 40.8 Å². The number of aromatic hydroxyl groups is 1. The second-order valence-electron chi connectivity index (χ2n) is 9.95. The zero-order valence-electron chi connectivity index (χ0n) is 19.3. The summed E-state index contributed by atoms with van der Waals surface area (Å²) in [5.41, 5.74) is 5.56. The van der Waals surface area contributed by atoms with E-state index in [0.29, 0.717) is 16.9 Å². The van der Waals surface area contributed by atoms with Gasteiger partial charge in [0.25, 0.3) is 0 Å². The molecule has 1 aliphatic rings. The normalized spacial score (nSPS) is 17.8. The summed E-state index contributed by atoms with van der Waals surface area (Å²) in [4.78, 5) is 38.3. The van der Waals surface area contributed by atoms with E-state index in [1.54, 1.807) is 54.5 Å². The molecule has 1 aromatic rings. The molecule has 8 nitrogen and oxygen atoms in total. The number of benzene rings is 1. The maximum absolute atomic E-state index is 13.1. The first kappa shape index (κ1) is 24.5. The van der Waals surface area contributed by atoms with Crippen molar-refractivity contribution in [3.8, 4) is 11.5 Å². The molecule has 3 atom stereocenters. The van der Waals surface area contributed by atoms with E-state index in [1.807, 2.05) is 0 Å². The van der Waals surface area contributed by atoms with Gasteiger partial charge in [-0.1, -0.05) is 0 Å². The standard InChI is InChI=1S/C23H33NO7/c1-12-8-13(25)9-16-18(12)15(11-29-16)19(20(24)27)14(21(28)31-23(5,6)7)10-17(26)30-22(2,3)4/h8-9,14-15,19,25H,10-11H2,1-7H3,(H2,24,27)/t14?,15?,19-/m1/s1. The smallest absolute Gasteiger partial charge is 0.310 e. The number of primary amides is 1. The van der Waals surface area contributed by atoms with Crippen LogP contribution in [-0.2, 0) is 23.9 Å². The van der Waals surface area contributed by atoms with Gasteiger partial charge in [0, 0.05) is 17.5 Å². The van der Waals surface area contributed by atoms with Crippen LogP contribution in [0.5, 0.6) is 11.5 Å². The summed E-state index contributed by atoms with van der Waals surface area (Å²) in [6.45, 7) is 12.1. The van der Waals surface area contributed by atoms with E-state index in [4.69, 9.17) is 19.9 Å². The highest BCUT2D eigenvalue weighted by molar-refractivity contribution is 5.88. The number of amides is 1. The first-order valence-electron chi connectivity index (χ1n) is 10.3. The molecule has 3 N–H and O–H groups in total. The van der Waals surface area contributed by atoms with Gasteiger partial charge in [-0.2, -0.15) is 0 Å². The van der Waals surface area contributed by atoms with Gasteiger partial charge < -0.3 is 25.1 Å². The lowest BCUT2D eigenvalue weighted by molar-refractivity contribution is -0.170. The Morgan fingerprint density at radius 3 is 2.23 bits per heavy atom. The van der Waals surface area contributed by atoms with E-state index in [-0.39, 0.29) is 18.8 Å². The molecular formula is C23H33NO7. The summed E-state index contributed by atoms with van der Waals surface area (Å²) in [5.74, 6) is -4.41. The van der Waals surface area contributed by atoms with E-state index < -0.39 is 46.8 Å². The number of aryl methyl sites for hydroxylation is 1. The Hall–Kier alpha value is -2.77. The number of carbonyl (C=O) groups excluding carboxylic acids is 3. The van der Waals surface area contributed by atoms with Gasteiger partial charge in [-0.05, 0) is 60.1 Å². The highest BCUT2D eigenvalue weighted by Crippen LogP contribution is 2.45. The average molecular weight is 436 g/mol. The molecule has 0 aliphatic carbocycles. The molecule has 0 bridgehead atoms. The number of rotatable bonds is 6. The molecule has 1 aromatic carbocycles. The number of ether oxygens (including phenoxy) is 3. The minimum atomic E-state index is -1.15. The fourth-order valence-corrected chi connectivity index (χ4v) is 3.86. The maximum Gasteiger partial charge on any atom is 0.310 e. The number of esters is 2. The third-order valence-corrected chi connectivity index (χ3v) is 4.83. The van der Waals surface area contributed by atoms with Crippen molar-refractivity contribution in [1.29, 1.82) is 0 Å². The third kappa shape index (κ3) is 6.35. The van der Waals surface area contributed by atoms with Crippen LogP contribution in [0.2, 0.25) is 0 Å². The first-order valence-corrected chi connectivity index (χ1v) is 10.3. The summed E-state index contributed by atoms with van der Waals surface area (Å²) in [6.07, 6.45) is -0.358. The number of hydrogen-bond donors (Lipinski definition) is 2. The maximum atomic E-state index is 13.1. The minimum Gasteiger partial charge on any atom is -0.508 e. The van der Waals surface area contributed by atoms with Crippen molar-refractivity contribution in [3.05, 3.63) is 23.3 Å². The number of carbonyl (C=O) groups is 3. The lowest BCUT2D eigenvalue weighted by atomic mass is 9.75. The lowest BCUT2D eigenvalue weighted by Crippen LogP contribution is -2.43. The van der Waals surface area contributed by atoms with Crippen LogP contribution in [0.25, 0.3) is 0 Å². The molecule has 2 rings (SSSR count). The van der Waals surface area contributed by atoms with E-state index in [9.17, 15) is 19.5 Å². The molecule has 31 heavy (non-hydrogen) atoms. The molecule has 2 unspecified atom stereocenters.